The molecule has 0 aliphatic heterocycles. The minimum Gasteiger partial charge on any atom is -0.494 e. The molecule has 0 heterocycles. The van der Waals surface area contributed by atoms with Crippen molar-refractivity contribution >= 4 is 11.9 Å². The van der Waals surface area contributed by atoms with Crippen LogP contribution in [0, 0.1) is 0 Å². The first-order chi connectivity index (χ1) is 9.99. The number of carbonyl (C=O) groups excluding carboxylic acids is 2. The zero-order valence-corrected chi connectivity index (χ0v) is 13.1. The van der Waals surface area contributed by atoms with Crippen molar-refractivity contribution in [2.75, 3.05) is 20.3 Å². The molecule has 116 valence electrons. The standard InChI is InChI=1S/C16H23NO4/c1-5-21-14-8-6-13(7-9-14)16(19)17(12(2)3)11-10-15(18)20-4/h6-9,12H,5,10-11H2,1-4H3. The monoisotopic (exact) mass is 293 g/mol. The van der Waals surface area contributed by atoms with Crippen LogP contribution in [0.1, 0.15) is 37.6 Å². The largest absolute Gasteiger partial charge is 0.494 e. The molecule has 0 radical (unpaired) electrons. The van der Waals surface area contributed by atoms with Crippen LogP contribution in [0.25, 0.3) is 0 Å². The van der Waals surface area contributed by atoms with Crippen LogP contribution < -0.4 is 4.74 Å². The molecule has 0 saturated heterocycles. The molecule has 5 nitrogen and oxygen atoms in total. The van der Waals surface area contributed by atoms with E-state index in [0.29, 0.717) is 18.7 Å². The van der Waals surface area contributed by atoms with Crippen LogP contribution >= 0.6 is 0 Å². The number of rotatable bonds is 7. The molecule has 0 spiro atoms. The van der Waals surface area contributed by atoms with Crippen LogP contribution in [0.5, 0.6) is 5.75 Å². The Morgan fingerprint density at radius 3 is 2.29 bits per heavy atom. The van der Waals surface area contributed by atoms with Gasteiger partial charge in [0.1, 0.15) is 5.75 Å². The van der Waals surface area contributed by atoms with E-state index in [1.807, 2.05) is 20.8 Å². The second-order valence-electron chi connectivity index (χ2n) is 4.88. The summed E-state index contributed by atoms with van der Waals surface area (Å²) in [5.41, 5.74) is 0.581. The van der Waals surface area contributed by atoms with Gasteiger partial charge in [-0.1, -0.05) is 0 Å². The van der Waals surface area contributed by atoms with Crippen LogP contribution in [-0.4, -0.2) is 43.1 Å². The van der Waals surface area contributed by atoms with Gasteiger partial charge in [-0.2, -0.15) is 0 Å². The summed E-state index contributed by atoms with van der Waals surface area (Å²) >= 11 is 0. The van der Waals surface area contributed by atoms with E-state index in [0.717, 1.165) is 5.75 Å². The summed E-state index contributed by atoms with van der Waals surface area (Å²) in [6, 6.07) is 7.03. The molecule has 0 unspecified atom stereocenters. The van der Waals surface area contributed by atoms with Gasteiger partial charge in [0.15, 0.2) is 0 Å². The van der Waals surface area contributed by atoms with Gasteiger partial charge in [-0.3, -0.25) is 9.59 Å². The Kier molecular flexibility index (Phi) is 6.72. The normalized spacial score (nSPS) is 10.3. The van der Waals surface area contributed by atoms with Gasteiger partial charge in [0.2, 0.25) is 0 Å². The number of benzene rings is 1. The van der Waals surface area contributed by atoms with Crippen molar-refractivity contribution in [1.29, 1.82) is 0 Å². The lowest BCUT2D eigenvalue weighted by atomic mass is 10.1. The average molecular weight is 293 g/mol. The number of methoxy groups -OCH3 is 1. The highest BCUT2D eigenvalue weighted by Gasteiger charge is 2.19. The Morgan fingerprint density at radius 1 is 1.19 bits per heavy atom. The molecule has 0 bridgehead atoms. The van der Waals surface area contributed by atoms with Crippen molar-refractivity contribution in [2.45, 2.75) is 33.2 Å². The molecule has 0 atom stereocenters. The second kappa shape index (κ2) is 8.29. The van der Waals surface area contributed by atoms with Gasteiger partial charge in [-0.15, -0.1) is 0 Å². The van der Waals surface area contributed by atoms with Gasteiger partial charge in [-0.05, 0) is 45.0 Å². The lowest BCUT2D eigenvalue weighted by Crippen LogP contribution is -2.38. The van der Waals surface area contributed by atoms with Crippen molar-refractivity contribution < 1.29 is 19.1 Å². The SMILES string of the molecule is CCOc1ccc(C(=O)N(CCC(=O)OC)C(C)C)cc1. The van der Waals surface area contributed by atoms with Crippen molar-refractivity contribution in [2.24, 2.45) is 0 Å². The number of esters is 1. The summed E-state index contributed by atoms with van der Waals surface area (Å²) in [4.78, 5) is 25.4. The molecule has 0 aromatic heterocycles. The highest BCUT2D eigenvalue weighted by Crippen LogP contribution is 2.15. The fourth-order valence-electron chi connectivity index (χ4n) is 1.93. The van der Waals surface area contributed by atoms with Crippen LogP contribution in [-0.2, 0) is 9.53 Å². The van der Waals surface area contributed by atoms with Gasteiger partial charge in [-0.25, -0.2) is 0 Å². The predicted octanol–water partition coefficient (Wildman–Crippen LogP) is 2.50. The quantitative estimate of drug-likeness (QED) is 0.725. The number of hydrogen-bond donors (Lipinski definition) is 0. The molecule has 1 rings (SSSR count). The second-order valence-corrected chi connectivity index (χ2v) is 4.88. The fourth-order valence-corrected chi connectivity index (χ4v) is 1.93. The van der Waals surface area contributed by atoms with Crippen molar-refractivity contribution in [3.05, 3.63) is 29.8 Å². The Labute approximate surface area is 125 Å². The van der Waals surface area contributed by atoms with E-state index >= 15 is 0 Å². The molecule has 21 heavy (non-hydrogen) atoms. The van der Waals surface area contributed by atoms with Gasteiger partial charge in [0.25, 0.3) is 5.91 Å². The summed E-state index contributed by atoms with van der Waals surface area (Å²) in [6.45, 7) is 6.68. The Bertz CT molecular complexity index is 468. The topological polar surface area (TPSA) is 55.8 Å². The van der Waals surface area contributed by atoms with Gasteiger partial charge in [0, 0.05) is 18.2 Å². The lowest BCUT2D eigenvalue weighted by Gasteiger charge is -2.26. The third-order valence-electron chi connectivity index (χ3n) is 3.08. The summed E-state index contributed by atoms with van der Waals surface area (Å²) < 4.78 is 9.97. The van der Waals surface area contributed by atoms with Crippen LogP contribution in [0.3, 0.4) is 0 Å². The van der Waals surface area contributed by atoms with Gasteiger partial charge >= 0.3 is 5.97 Å². The number of nitrogens with zero attached hydrogens (tertiary/aromatic N) is 1. The summed E-state index contributed by atoms with van der Waals surface area (Å²) in [7, 11) is 1.34. The Hall–Kier alpha value is -2.04. The molecule has 1 aromatic carbocycles. The molecule has 1 amide bonds. The van der Waals surface area contributed by atoms with E-state index in [1.54, 1.807) is 29.2 Å². The molecule has 1 aromatic rings. The number of carbonyl (C=O) groups is 2. The molecular weight excluding hydrogens is 270 g/mol. The van der Waals surface area contributed by atoms with Crippen molar-refractivity contribution in [3.8, 4) is 5.75 Å². The highest BCUT2D eigenvalue weighted by molar-refractivity contribution is 5.94. The lowest BCUT2D eigenvalue weighted by molar-refractivity contribution is -0.140. The van der Waals surface area contributed by atoms with Crippen molar-refractivity contribution in [3.63, 3.8) is 0 Å². The van der Waals surface area contributed by atoms with E-state index in [1.165, 1.54) is 7.11 Å². The Balaban J connectivity index is 2.77. The zero-order chi connectivity index (χ0) is 15.8. The first kappa shape index (κ1) is 17.0. The smallest absolute Gasteiger partial charge is 0.307 e. The predicted molar refractivity (Wildman–Crippen MR) is 80.4 cm³/mol. The molecule has 0 fully saturated rings. The van der Waals surface area contributed by atoms with Crippen LogP contribution in [0.4, 0.5) is 0 Å². The summed E-state index contributed by atoms with van der Waals surface area (Å²) in [6.07, 6.45) is 0.192. The first-order valence-corrected chi connectivity index (χ1v) is 7.10. The molecule has 0 N–H and O–H groups in total. The summed E-state index contributed by atoms with van der Waals surface area (Å²) in [5.74, 6) is 0.316. The summed E-state index contributed by atoms with van der Waals surface area (Å²) in [5, 5.41) is 0. The zero-order valence-electron chi connectivity index (χ0n) is 13.1. The van der Waals surface area contributed by atoms with E-state index in [-0.39, 0.29) is 24.3 Å². The highest BCUT2D eigenvalue weighted by atomic mass is 16.5. The van der Waals surface area contributed by atoms with E-state index in [9.17, 15) is 9.59 Å². The van der Waals surface area contributed by atoms with Crippen LogP contribution in [0.15, 0.2) is 24.3 Å². The fraction of sp³-hybridized carbons (Fsp3) is 0.500. The minimum absolute atomic E-state index is 0.00808. The molecule has 0 aliphatic carbocycles. The third-order valence-corrected chi connectivity index (χ3v) is 3.08. The maximum atomic E-state index is 12.5. The average Bonchev–Trinajstić information content (AvgIpc) is 2.47. The van der Waals surface area contributed by atoms with Gasteiger partial charge < -0.3 is 14.4 Å². The number of amides is 1. The van der Waals surface area contributed by atoms with E-state index in [4.69, 9.17) is 4.74 Å². The molecular formula is C16H23NO4. The third kappa shape index (κ3) is 5.10. The first-order valence-electron chi connectivity index (χ1n) is 7.10. The maximum Gasteiger partial charge on any atom is 0.307 e. The van der Waals surface area contributed by atoms with Crippen LogP contribution in [0.2, 0.25) is 0 Å². The van der Waals surface area contributed by atoms with E-state index in [2.05, 4.69) is 4.74 Å². The van der Waals surface area contributed by atoms with Crippen molar-refractivity contribution in [1.82, 2.24) is 4.90 Å². The minimum atomic E-state index is -0.319. The van der Waals surface area contributed by atoms with E-state index < -0.39 is 0 Å². The number of hydrogen-bond acceptors (Lipinski definition) is 4. The number of ether oxygens (including phenoxy) is 2. The van der Waals surface area contributed by atoms with Gasteiger partial charge in [0.05, 0.1) is 20.1 Å². The molecule has 5 heteroatoms. The molecule has 0 saturated carbocycles. The maximum absolute atomic E-state index is 12.5. The Morgan fingerprint density at radius 2 is 1.81 bits per heavy atom. The molecule has 0 aliphatic rings.